The van der Waals surface area contributed by atoms with Gasteiger partial charge in [-0.15, -0.1) is 0 Å². The number of likely N-dealkylation sites (tertiary alicyclic amines) is 1. The normalized spacial score (nSPS) is 26.6. The van der Waals surface area contributed by atoms with Crippen LogP contribution in [0, 0.1) is 0 Å². The molecule has 2 bridgehead atoms. The van der Waals surface area contributed by atoms with Crippen molar-refractivity contribution in [2.24, 2.45) is 0 Å². The van der Waals surface area contributed by atoms with Gasteiger partial charge in [0.1, 0.15) is 11.7 Å². The average Bonchev–Trinajstić information content (AvgIpc) is 3.43. The third-order valence-electron chi connectivity index (χ3n) is 11.1. The first-order valence-corrected chi connectivity index (χ1v) is 17.0. The van der Waals surface area contributed by atoms with Crippen molar-refractivity contribution in [1.82, 2.24) is 9.80 Å². The predicted octanol–water partition coefficient (Wildman–Crippen LogP) is 6.14. The number of hydrogen-bond donors (Lipinski definition) is 0. The maximum Gasteiger partial charge on any atom is 0.416 e. The van der Waals surface area contributed by atoms with Crippen molar-refractivity contribution in [1.29, 1.82) is 0 Å². The Balaban J connectivity index is 1.26. The molecule has 0 N–H and O–H groups in total. The summed E-state index contributed by atoms with van der Waals surface area (Å²) in [7, 11) is 1.69. The highest BCUT2D eigenvalue weighted by Gasteiger charge is 2.75. The monoisotopic (exact) mass is 688 g/mol. The van der Waals surface area contributed by atoms with E-state index in [2.05, 4.69) is 17.0 Å². The summed E-state index contributed by atoms with van der Waals surface area (Å²) in [4.78, 5) is 43.0. The molecular weight excluding hydrogens is 649 g/mol. The highest BCUT2D eigenvalue weighted by atomic mass is 19.4. The number of halogens is 3. The Hall–Kier alpha value is -4.64. The van der Waals surface area contributed by atoms with Crippen LogP contribution in [0.1, 0.15) is 60.9 Å². The number of alkyl halides is 3. The van der Waals surface area contributed by atoms with Gasteiger partial charge in [0.2, 0.25) is 5.91 Å². The summed E-state index contributed by atoms with van der Waals surface area (Å²) in [5, 5.41) is 0. The number of nitrogens with zero attached hydrogens (tertiary/aromatic N) is 2. The molecule has 4 aliphatic rings. The van der Waals surface area contributed by atoms with Gasteiger partial charge < -0.3 is 19.1 Å². The zero-order chi connectivity index (χ0) is 35.4. The quantitative estimate of drug-likeness (QED) is 0.160. The van der Waals surface area contributed by atoms with Gasteiger partial charge in [-0.3, -0.25) is 19.3 Å². The summed E-state index contributed by atoms with van der Waals surface area (Å²) in [6.07, 6.45) is 0.713. The molecule has 1 spiro atoms. The summed E-state index contributed by atoms with van der Waals surface area (Å²) >= 11 is 0. The molecule has 3 aromatic rings. The minimum absolute atomic E-state index is 0.158. The van der Waals surface area contributed by atoms with E-state index in [1.807, 2.05) is 24.3 Å². The molecule has 0 aromatic heterocycles. The molecule has 2 heterocycles. The maximum absolute atomic E-state index is 13.7. The molecule has 11 heteroatoms. The number of esters is 2. The number of hydrogen-bond acceptors (Lipinski definition) is 7. The Kier molecular flexibility index (Phi) is 8.53. The molecule has 262 valence electrons. The zero-order valence-corrected chi connectivity index (χ0v) is 28.2. The van der Waals surface area contributed by atoms with E-state index >= 15 is 0 Å². The lowest BCUT2D eigenvalue weighted by molar-refractivity contribution is -0.223. The first kappa shape index (κ1) is 33.8. The average molecular weight is 689 g/mol. The largest absolute Gasteiger partial charge is 0.483 e. The standard InChI is InChI=1S/C39H39F3N2O6/c1-24(45)48-31-15-12-28-23-32-38(50-25(2)46)19-17-30(43(3)33(47)16-11-27-9-13-29(14-10-27)39(40,41)42)36-37(38,34(28)35(31)49-36)20-22-44(32)21-18-26-7-5-4-6-8-26/h4-16,30,32,36H,17-23H2,1-3H3/t30-,32-,36+,37+,38-/m1/s1. The zero-order valence-electron chi connectivity index (χ0n) is 28.2. The fourth-order valence-electron chi connectivity index (χ4n) is 9.08. The van der Waals surface area contributed by atoms with Crippen LogP contribution < -0.4 is 9.47 Å². The number of ether oxygens (including phenoxy) is 3. The van der Waals surface area contributed by atoms with E-state index in [1.165, 1.54) is 43.7 Å². The van der Waals surface area contributed by atoms with Crippen molar-refractivity contribution >= 4 is 23.9 Å². The second kappa shape index (κ2) is 12.6. The first-order valence-electron chi connectivity index (χ1n) is 17.0. The lowest BCUT2D eigenvalue weighted by atomic mass is 9.48. The van der Waals surface area contributed by atoms with E-state index in [0.29, 0.717) is 43.5 Å². The number of carbonyl (C=O) groups is 3. The molecule has 7 rings (SSSR count). The molecule has 0 radical (unpaired) electrons. The van der Waals surface area contributed by atoms with E-state index in [9.17, 15) is 27.6 Å². The van der Waals surface area contributed by atoms with Crippen LogP contribution in [0.4, 0.5) is 13.2 Å². The SMILES string of the molecule is CC(=O)Oc1ccc2c3c1O[C@H]1[C@H](N(C)C(=O)C=Cc4ccc(C(F)(F)F)cc4)CC[C@@]4(OC(C)=O)[C@@H](C2)N(CCc2ccccc2)CC[C@]314. The van der Waals surface area contributed by atoms with Crippen molar-refractivity contribution in [3.63, 3.8) is 0 Å². The van der Waals surface area contributed by atoms with E-state index in [0.717, 1.165) is 36.2 Å². The maximum atomic E-state index is 13.7. The van der Waals surface area contributed by atoms with Gasteiger partial charge in [-0.25, -0.2) is 0 Å². The van der Waals surface area contributed by atoms with Crippen LogP contribution in [0.15, 0.2) is 72.8 Å². The van der Waals surface area contributed by atoms with Crippen molar-refractivity contribution in [3.8, 4) is 11.5 Å². The molecule has 1 saturated carbocycles. The smallest absolute Gasteiger partial charge is 0.416 e. The fourth-order valence-corrected chi connectivity index (χ4v) is 9.08. The Labute approximate surface area is 288 Å². The summed E-state index contributed by atoms with van der Waals surface area (Å²) in [5.41, 5.74) is 1.02. The summed E-state index contributed by atoms with van der Waals surface area (Å²) in [6, 6.07) is 18.0. The lowest BCUT2D eigenvalue weighted by Crippen LogP contribution is -2.79. The molecule has 2 aliphatic heterocycles. The van der Waals surface area contributed by atoms with Crippen LogP contribution in [0.2, 0.25) is 0 Å². The molecule has 3 aromatic carbocycles. The van der Waals surface area contributed by atoms with Crippen LogP contribution in [0.5, 0.6) is 11.5 Å². The molecule has 0 unspecified atom stereocenters. The Morgan fingerprint density at radius 2 is 1.74 bits per heavy atom. The highest BCUT2D eigenvalue weighted by Crippen LogP contribution is 2.67. The molecular formula is C39H39F3N2O6. The van der Waals surface area contributed by atoms with Gasteiger partial charge in [-0.2, -0.15) is 13.2 Å². The number of piperidine rings is 1. The van der Waals surface area contributed by atoms with Crippen LogP contribution in [0.3, 0.4) is 0 Å². The first-order chi connectivity index (χ1) is 23.8. The van der Waals surface area contributed by atoms with Gasteiger partial charge in [0, 0.05) is 39.1 Å². The third kappa shape index (κ3) is 5.55. The van der Waals surface area contributed by atoms with E-state index in [1.54, 1.807) is 18.0 Å². The third-order valence-corrected chi connectivity index (χ3v) is 11.1. The van der Waals surface area contributed by atoms with Crippen LogP contribution in [-0.2, 0) is 43.6 Å². The second-order valence-corrected chi connectivity index (χ2v) is 13.8. The summed E-state index contributed by atoms with van der Waals surface area (Å²) < 4.78 is 58.3. The summed E-state index contributed by atoms with van der Waals surface area (Å²) in [5.74, 6) is -0.502. The fraction of sp³-hybridized carbons (Fsp3) is 0.410. The Morgan fingerprint density at radius 3 is 2.42 bits per heavy atom. The van der Waals surface area contributed by atoms with Gasteiger partial charge in [0.15, 0.2) is 11.5 Å². The Bertz CT molecular complexity index is 1840. The topological polar surface area (TPSA) is 85.4 Å². The minimum atomic E-state index is -4.45. The molecule has 5 atom stereocenters. The van der Waals surface area contributed by atoms with E-state index in [-0.39, 0.29) is 17.7 Å². The number of carbonyl (C=O) groups excluding carboxylic acids is 3. The van der Waals surface area contributed by atoms with Gasteiger partial charge in [0.25, 0.3) is 0 Å². The molecule has 2 aliphatic carbocycles. The molecule has 1 amide bonds. The Morgan fingerprint density at radius 1 is 1.00 bits per heavy atom. The van der Waals surface area contributed by atoms with E-state index < -0.39 is 46.8 Å². The molecule has 1 saturated heterocycles. The van der Waals surface area contributed by atoms with Gasteiger partial charge in [-0.1, -0.05) is 48.5 Å². The highest BCUT2D eigenvalue weighted by molar-refractivity contribution is 5.92. The lowest BCUT2D eigenvalue weighted by Gasteiger charge is -2.65. The number of rotatable bonds is 8. The van der Waals surface area contributed by atoms with Crippen molar-refractivity contribution < 1.29 is 41.8 Å². The van der Waals surface area contributed by atoms with Crippen molar-refractivity contribution in [2.75, 3.05) is 20.1 Å². The van der Waals surface area contributed by atoms with Crippen LogP contribution >= 0.6 is 0 Å². The molecule has 8 nitrogen and oxygen atoms in total. The predicted molar refractivity (Wildman–Crippen MR) is 178 cm³/mol. The van der Waals surface area contributed by atoms with Gasteiger partial charge in [-0.05, 0) is 79.6 Å². The number of amides is 1. The van der Waals surface area contributed by atoms with Crippen molar-refractivity contribution in [2.45, 2.75) is 81.3 Å². The van der Waals surface area contributed by atoms with Gasteiger partial charge in [0.05, 0.1) is 23.1 Å². The number of likely N-dealkylation sites (N-methyl/N-ethyl adjacent to an activating group) is 1. The molecule has 2 fully saturated rings. The second-order valence-electron chi connectivity index (χ2n) is 13.8. The minimum Gasteiger partial charge on any atom is -0.483 e. The van der Waals surface area contributed by atoms with Gasteiger partial charge >= 0.3 is 18.1 Å². The summed E-state index contributed by atoms with van der Waals surface area (Å²) in [6.45, 7) is 4.23. The molecule has 50 heavy (non-hydrogen) atoms. The van der Waals surface area contributed by atoms with Crippen molar-refractivity contribution in [3.05, 3.63) is 101 Å². The van der Waals surface area contributed by atoms with E-state index in [4.69, 9.17) is 14.2 Å². The van der Waals surface area contributed by atoms with Crippen LogP contribution in [-0.4, -0.2) is 71.6 Å². The number of benzene rings is 3. The van der Waals surface area contributed by atoms with Crippen LogP contribution in [0.25, 0.3) is 6.08 Å².